The Bertz CT molecular complexity index is 472. The molecule has 1 aromatic heterocycles. The number of carbonyl (C=O) groups excluding carboxylic acids is 1. The smallest absolute Gasteiger partial charge is 0.220 e. The van der Waals surface area contributed by atoms with Gasteiger partial charge in [0.25, 0.3) is 0 Å². The van der Waals surface area contributed by atoms with Crippen molar-refractivity contribution >= 4 is 11.6 Å². The molecule has 0 spiro atoms. The van der Waals surface area contributed by atoms with Crippen LogP contribution in [-0.2, 0) is 4.79 Å². The van der Waals surface area contributed by atoms with Crippen molar-refractivity contribution in [3.05, 3.63) is 24.0 Å². The van der Waals surface area contributed by atoms with Crippen LogP contribution >= 0.6 is 0 Å². The molecule has 1 saturated carbocycles. The largest absolute Gasteiger partial charge is 0.382 e. The molecular formula is C13H16N4O. The van der Waals surface area contributed by atoms with Gasteiger partial charge in [-0.1, -0.05) is 0 Å². The standard InChI is InChI=1S/C13H16N4O/c14-8-12-7-11(5-6-16-12)17-10-3-1-9(2-4-10)13(15)18/h5-7,9-10H,1-4H2,(H2,15,18)(H,16,17). The van der Waals surface area contributed by atoms with E-state index in [-0.39, 0.29) is 11.8 Å². The number of anilines is 1. The number of rotatable bonds is 3. The van der Waals surface area contributed by atoms with Gasteiger partial charge in [0, 0.05) is 23.8 Å². The molecule has 0 unspecified atom stereocenters. The molecule has 3 N–H and O–H groups in total. The average Bonchev–Trinajstić information content (AvgIpc) is 2.39. The molecule has 0 aromatic carbocycles. The predicted molar refractivity (Wildman–Crippen MR) is 67.5 cm³/mol. The quantitative estimate of drug-likeness (QED) is 0.840. The molecule has 1 fully saturated rings. The maximum Gasteiger partial charge on any atom is 0.220 e. The third-order valence-electron chi connectivity index (χ3n) is 3.37. The van der Waals surface area contributed by atoms with Gasteiger partial charge in [0.05, 0.1) is 0 Å². The van der Waals surface area contributed by atoms with E-state index in [2.05, 4.69) is 10.3 Å². The van der Waals surface area contributed by atoms with Crippen molar-refractivity contribution in [1.82, 2.24) is 4.98 Å². The van der Waals surface area contributed by atoms with Crippen molar-refractivity contribution in [3.63, 3.8) is 0 Å². The van der Waals surface area contributed by atoms with Crippen LogP contribution in [0.2, 0.25) is 0 Å². The van der Waals surface area contributed by atoms with E-state index in [0.717, 1.165) is 31.4 Å². The minimum Gasteiger partial charge on any atom is -0.382 e. The van der Waals surface area contributed by atoms with E-state index in [0.29, 0.717) is 11.7 Å². The Kier molecular flexibility index (Phi) is 3.78. The van der Waals surface area contributed by atoms with E-state index in [1.807, 2.05) is 12.1 Å². The van der Waals surface area contributed by atoms with Crippen LogP contribution in [0, 0.1) is 17.2 Å². The summed E-state index contributed by atoms with van der Waals surface area (Å²) in [5, 5.41) is 12.1. The number of carbonyl (C=O) groups is 1. The number of amides is 1. The van der Waals surface area contributed by atoms with Gasteiger partial charge < -0.3 is 11.1 Å². The summed E-state index contributed by atoms with van der Waals surface area (Å²) < 4.78 is 0. The minimum absolute atomic E-state index is 0.0233. The second-order valence-electron chi connectivity index (χ2n) is 4.64. The van der Waals surface area contributed by atoms with Crippen LogP contribution in [-0.4, -0.2) is 16.9 Å². The van der Waals surface area contributed by atoms with Gasteiger partial charge in [0.1, 0.15) is 11.8 Å². The van der Waals surface area contributed by atoms with Crippen molar-refractivity contribution in [2.75, 3.05) is 5.32 Å². The summed E-state index contributed by atoms with van der Waals surface area (Å²) in [6.45, 7) is 0. The first kappa shape index (κ1) is 12.4. The van der Waals surface area contributed by atoms with Crippen molar-refractivity contribution in [2.45, 2.75) is 31.7 Å². The number of nitriles is 1. The lowest BCUT2D eigenvalue weighted by molar-refractivity contribution is -0.122. The van der Waals surface area contributed by atoms with Crippen LogP contribution in [0.15, 0.2) is 18.3 Å². The van der Waals surface area contributed by atoms with Gasteiger partial charge in [0.15, 0.2) is 0 Å². The van der Waals surface area contributed by atoms with Crippen LogP contribution in [0.25, 0.3) is 0 Å². The second kappa shape index (κ2) is 5.50. The Morgan fingerprint density at radius 1 is 1.44 bits per heavy atom. The molecule has 5 heteroatoms. The molecule has 1 aromatic rings. The number of nitrogens with one attached hydrogen (secondary N) is 1. The minimum atomic E-state index is -0.191. The van der Waals surface area contributed by atoms with E-state index in [9.17, 15) is 4.79 Å². The van der Waals surface area contributed by atoms with Crippen molar-refractivity contribution in [1.29, 1.82) is 5.26 Å². The van der Waals surface area contributed by atoms with Crippen LogP contribution < -0.4 is 11.1 Å². The lowest BCUT2D eigenvalue weighted by atomic mass is 9.85. The summed E-state index contributed by atoms with van der Waals surface area (Å²) in [5.74, 6) is -0.167. The van der Waals surface area contributed by atoms with E-state index in [1.165, 1.54) is 0 Å². The van der Waals surface area contributed by atoms with Crippen LogP contribution in [0.1, 0.15) is 31.4 Å². The molecule has 0 aliphatic heterocycles. The Labute approximate surface area is 106 Å². The Morgan fingerprint density at radius 3 is 2.78 bits per heavy atom. The Balaban J connectivity index is 1.91. The van der Waals surface area contributed by atoms with Crippen molar-refractivity contribution in [2.24, 2.45) is 11.7 Å². The normalized spacial score (nSPS) is 23.1. The Hall–Kier alpha value is -2.09. The highest BCUT2D eigenvalue weighted by Crippen LogP contribution is 2.26. The molecule has 1 amide bonds. The molecule has 94 valence electrons. The third kappa shape index (κ3) is 2.98. The van der Waals surface area contributed by atoms with Crippen LogP contribution in [0.3, 0.4) is 0 Å². The van der Waals surface area contributed by atoms with Crippen LogP contribution in [0.5, 0.6) is 0 Å². The number of hydrogen-bond acceptors (Lipinski definition) is 4. The van der Waals surface area contributed by atoms with Crippen LogP contribution in [0.4, 0.5) is 5.69 Å². The second-order valence-corrected chi connectivity index (χ2v) is 4.64. The monoisotopic (exact) mass is 244 g/mol. The number of primary amides is 1. The number of pyridine rings is 1. The summed E-state index contributed by atoms with van der Waals surface area (Å²) in [7, 11) is 0. The van der Waals surface area contributed by atoms with E-state index < -0.39 is 0 Å². The molecule has 1 heterocycles. The summed E-state index contributed by atoms with van der Waals surface area (Å²) in [6, 6.07) is 5.94. The molecule has 1 aliphatic rings. The van der Waals surface area contributed by atoms with E-state index in [4.69, 9.17) is 11.0 Å². The van der Waals surface area contributed by atoms with Gasteiger partial charge in [0.2, 0.25) is 5.91 Å². The highest BCUT2D eigenvalue weighted by atomic mass is 16.1. The molecular weight excluding hydrogens is 228 g/mol. The molecule has 2 rings (SSSR count). The molecule has 1 aliphatic carbocycles. The van der Waals surface area contributed by atoms with Gasteiger partial charge in [-0.3, -0.25) is 4.79 Å². The molecule has 0 saturated heterocycles. The maximum atomic E-state index is 11.1. The zero-order valence-electron chi connectivity index (χ0n) is 10.1. The number of nitrogens with two attached hydrogens (primary N) is 1. The fourth-order valence-electron chi connectivity index (χ4n) is 2.34. The first-order valence-corrected chi connectivity index (χ1v) is 6.11. The molecule has 0 radical (unpaired) electrons. The van der Waals surface area contributed by atoms with Crippen molar-refractivity contribution in [3.8, 4) is 6.07 Å². The molecule has 5 nitrogen and oxygen atoms in total. The number of nitrogens with zero attached hydrogens (tertiary/aromatic N) is 2. The first-order chi connectivity index (χ1) is 8.69. The van der Waals surface area contributed by atoms with Gasteiger partial charge in [-0.2, -0.15) is 5.26 Å². The Morgan fingerprint density at radius 2 is 2.17 bits per heavy atom. The van der Waals surface area contributed by atoms with Gasteiger partial charge >= 0.3 is 0 Å². The lowest BCUT2D eigenvalue weighted by Gasteiger charge is -2.28. The zero-order chi connectivity index (χ0) is 13.0. The van der Waals surface area contributed by atoms with Gasteiger partial charge in [-0.15, -0.1) is 0 Å². The van der Waals surface area contributed by atoms with Gasteiger partial charge in [-0.25, -0.2) is 4.98 Å². The van der Waals surface area contributed by atoms with Crippen molar-refractivity contribution < 1.29 is 4.79 Å². The molecule has 18 heavy (non-hydrogen) atoms. The zero-order valence-corrected chi connectivity index (χ0v) is 10.1. The van der Waals surface area contributed by atoms with E-state index >= 15 is 0 Å². The fraction of sp³-hybridized carbons (Fsp3) is 0.462. The van der Waals surface area contributed by atoms with E-state index in [1.54, 1.807) is 12.3 Å². The third-order valence-corrected chi connectivity index (χ3v) is 3.37. The SMILES string of the molecule is N#Cc1cc(NC2CCC(C(N)=O)CC2)ccn1. The highest BCUT2D eigenvalue weighted by Gasteiger charge is 2.24. The average molecular weight is 244 g/mol. The number of aromatic nitrogens is 1. The summed E-state index contributed by atoms with van der Waals surface area (Å²) >= 11 is 0. The summed E-state index contributed by atoms with van der Waals surface area (Å²) in [4.78, 5) is 15.0. The molecule has 0 bridgehead atoms. The predicted octanol–water partition coefficient (Wildman–Crippen LogP) is 1.41. The molecule has 0 atom stereocenters. The topological polar surface area (TPSA) is 91.8 Å². The lowest BCUT2D eigenvalue weighted by Crippen LogP contribution is -2.32. The van der Waals surface area contributed by atoms with Gasteiger partial charge in [-0.05, 0) is 37.8 Å². The summed E-state index contributed by atoms with van der Waals surface area (Å²) in [5.41, 5.74) is 6.61. The first-order valence-electron chi connectivity index (χ1n) is 6.11. The summed E-state index contributed by atoms with van der Waals surface area (Å²) in [6.07, 6.45) is 5.15. The maximum absolute atomic E-state index is 11.1. The highest BCUT2D eigenvalue weighted by molar-refractivity contribution is 5.76. The fourth-order valence-corrected chi connectivity index (χ4v) is 2.34. The number of hydrogen-bond donors (Lipinski definition) is 2.